The Kier molecular flexibility index (Phi) is 21.5. The first kappa shape index (κ1) is 61.7. The normalized spacial score (nSPS) is 20.4. The van der Waals surface area contributed by atoms with Gasteiger partial charge in [-0.15, -0.1) is 0 Å². The Bertz CT molecular complexity index is 3360. The fourth-order valence-corrected chi connectivity index (χ4v) is 13.0. The van der Waals surface area contributed by atoms with E-state index < -0.39 is 95.2 Å². The molecule has 6 N–H and O–H groups in total. The first-order valence-electron chi connectivity index (χ1n) is 28.3. The highest BCUT2D eigenvalue weighted by Crippen LogP contribution is 2.49. The summed E-state index contributed by atoms with van der Waals surface area (Å²) < 4.78 is 93.5. The molecule has 2 saturated heterocycles. The second kappa shape index (κ2) is 29.3. The topological polar surface area (TPSA) is 306 Å². The summed E-state index contributed by atoms with van der Waals surface area (Å²) in [5.74, 6) is -1.00. The standard InChI is InChI=1S/C58H72N8O16P2/c1-3-14-41(15-4-2)34-75-55(67)46(32-39-16-7-5-8-17-39)63-83(71,76-37-53-73-35-51(79-53)65-30-28-49(59)61-57(65)69)81-44-26-24-40(25-27-44)33-47(56(68)78-43-20-9-6-10-21-43)64-84(72,82-48-23-13-19-42-18-11-12-22-45(42)48)77-38-54-74-36-52(80-54)66-31-29-50(60)62-58(66)70/h5,7-8,11-13,16-19,22-31,41,43,46-47,51-54H,3-4,6,9-10,14-15,20-21,32-38H2,1-2H3,(H,63,71)(H,64,72)(H2,59,61,69)(H2,60,62,70)/t46-,47-,51-,52-,53-,54-,83?,84?/m0/s1. The number of nitrogens with one attached hydrogen (secondary N) is 2. The van der Waals surface area contributed by atoms with Gasteiger partial charge in [0.1, 0.15) is 54.5 Å². The molecular weight excluding hydrogens is 1130 g/mol. The molecule has 6 aromatic rings. The van der Waals surface area contributed by atoms with E-state index >= 15 is 9.13 Å². The molecule has 3 fully saturated rings. The van der Waals surface area contributed by atoms with Crippen molar-refractivity contribution < 1.29 is 65.2 Å². The van der Waals surface area contributed by atoms with Crippen molar-refractivity contribution in [3.8, 4) is 11.5 Å². The van der Waals surface area contributed by atoms with Gasteiger partial charge in [-0.25, -0.2) is 18.7 Å². The lowest BCUT2D eigenvalue weighted by Crippen LogP contribution is -2.41. The lowest BCUT2D eigenvalue weighted by atomic mass is 9.97. The van der Waals surface area contributed by atoms with Gasteiger partial charge in [-0.2, -0.15) is 20.1 Å². The van der Waals surface area contributed by atoms with Gasteiger partial charge in [0.15, 0.2) is 25.0 Å². The average molecular weight is 1200 g/mol. The third-order valence-electron chi connectivity index (χ3n) is 14.3. The lowest BCUT2D eigenvalue weighted by molar-refractivity contribution is -0.152. The van der Waals surface area contributed by atoms with Gasteiger partial charge in [-0.05, 0) is 104 Å². The van der Waals surface area contributed by atoms with E-state index in [9.17, 15) is 19.2 Å². The van der Waals surface area contributed by atoms with Crippen LogP contribution in [0.5, 0.6) is 11.5 Å². The van der Waals surface area contributed by atoms with Gasteiger partial charge in [0, 0.05) is 17.8 Å². The number of nitrogen functional groups attached to an aromatic ring is 2. The average Bonchev–Trinajstić information content (AvgIpc) is 4.17. The SMILES string of the molecule is CCCC(CCC)COC(=O)[C@H](Cc1ccccc1)NP(=O)(OC[C@H]1OC[C@@H](n2ccc(N)nc2=O)O1)Oc1ccc(C[C@H](NP(=O)(OC[C@H]2OC[C@@H](n3ccc(N)nc3=O)O2)Oc2cccc3ccccc23)C(=O)OC2CCCCC2)cc1. The Morgan fingerprint density at radius 1 is 0.655 bits per heavy atom. The van der Waals surface area contributed by atoms with Gasteiger partial charge < -0.3 is 48.9 Å². The highest BCUT2D eigenvalue weighted by molar-refractivity contribution is 7.52. The van der Waals surface area contributed by atoms with Crippen LogP contribution in [-0.2, 0) is 69.0 Å². The molecule has 2 aromatic heterocycles. The summed E-state index contributed by atoms with van der Waals surface area (Å²) in [4.78, 5) is 61.5. The molecule has 0 amide bonds. The molecule has 26 heteroatoms. The number of ether oxygens (including phenoxy) is 6. The fraction of sp³-hybridized carbons (Fsp3) is 0.448. The van der Waals surface area contributed by atoms with Crippen LogP contribution in [0.1, 0.15) is 95.2 Å². The summed E-state index contributed by atoms with van der Waals surface area (Å²) in [7, 11) is -9.26. The van der Waals surface area contributed by atoms with Crippen LogP contribution in [0.25, 0.3) is 10.8 Å². The molecule has 450 valence electrons. The highest BCUT2D eigenvalue weighted by atomic mass is 31.2. The molecule has 2 unspecified atom stereocenters. The van der Waals surface area contributed by atoms with Crippen LogP contribution in [0.2, 0.25) is 0 Å². The minimum absolute atomic E-state index is 0.0208. The molecule has 1 saturated carbocycles. The van der Waals surface area contributed by atoms with E-state index in [1.165, 1.54) is 45.8 Å². The zero-order chi connectivity index (χ0) is 59.1. The number of anilines is 2. The fourth-order valence-electron chi connectivity index (χ4n) is 10.1. The lowest BCUT2D eigenvalue weighted by Gasteiger charge is -2.28. The Labute approximate surface area is 485 Å². The maximum atomic E-state index is 15.4. The third kappa shape index (κ3) is 17.2. The van der Waals surface area contributed by atoms with Gasteiger partial charge >= 0.3 is 38.8 Å². The van der Waals surface area contributed by atoms with E-state index in [-0.39, 0.29) is 61.7 Å². The van der Waals surface area contributed by atoms with Crippen LogP contribution >= 0.6 is 15.5 Å². The van der Waals surface area contributed by atoms with Crippen molar-refractivity contribution in [2.24, 2.45) is 5.92 Å². The number of aromatic nitrogens is 4. The summed E-state index contributed by atoms with van der Waals surface area (Å²) >= 11 is 0. The molecule has 8 atom stereocenters. The molecule has 1 aliphatic carbocycles. The second-order valence-electron chi connectivity index (χ2n) is 20.7. The predicted molar refractivity (Wildman–Crippen MR) is 309 cm³/mol. The molecule has 0 radical (unpaired) electrons. The van der Waals surface area contributed by atoms with E-state index in [0.717, 1.165) is 55.9 Å². The van der Waals surface area contributed by atoms with Crippen molar-refractivity contribution in [1.29, 1.82) is 0 Å². The predicted octanol–water partition coefficient (Wildman–Crippen LogP) is 8.31. The van der Waals surface area contributed by atoms with Crippen molar-refractivity contribution in [2.45, 2.75) is 128 Å². The van der Waals surface area contributed by atoms with Crippen LogP contribution in [0.3, 0.4) is 0 Å². The third-order valence-corrected chi connectivity index (χ3v) is 17.4. The largest absolute Gasteiger partial charge is 0.464 e. The van der Waals surface area contributed by atoms with Crippen LogP contribution < -0.4 is 42.1 Å². The number of benzene rings is 4. The van der Waals surface area contributed by atoms with Gasteiger partial charge in [-0.3, -0.25) is 27.8 Å². The van der Waals surface area contributed by atoms with Crippen LogP contribution in [-0.4, -0.2) is 94.8 Å². The Morgan fingerprint density at radius 2 is 1.19 bits per heavy atom. The van der Waals surface area contributed by atoms with E-state index in [1.54, 1.807) is 36.4 Å². The quantitative estimate of drug-likeness (QED) is 0.0253. The molecule has 4 heterocycles. The zero-order valence-corrected chi connectivity index (χ0v) is 48.6. The Morgan fingerprint density at radius 3 is 1.77 bits per heavy atom. The molecular formula is C58H72N8O16P2. The van der Waals surface area contributed by atoms with E-state index in [2.05, 4.69) is 34.0 Å². The summed E-state index contributed by atoms with van der Waals surface area (Å²) in [5, 5.41) is 7.18. The van der Waals surface area contributed by atoms with Crippen LogP contribution in [0.15, 0.2) is 131 Å². The molecule has 84 heavy (non-hydrogen) atoms. The number of nitrogens with two attached hydrogens (primary N) is 2. The van der Waals surface area contributed by atoms with Crippen LogP contribution in [0.4, 0.5) is 11.6 Å². The van der Waals surface area contributed by atoms with Crippen molar-refractivity contribution in [2.75, 3.05) is 44.5 Å². The number of carbonyl (C=O) groups is 2. The molecule has 2 aliphatic heterocycles. The number of fused-ring (bicyclic) bond motifs is 1. The van der Waals surface area contributed by atoms with Crippen molar-refractivity contribution in [3.05, 3.63) is 154 Å². The number of rotatable bonds is 29. The summed E-state index contributed by atoms with van der Waals surface area (Å²) in [6.07, 6.45) is 5.77. The van der Waals surface area contributed by atoms with Crippen LogP contribution in [0, 0.1) is 5.92 Å². The summed E-state index contributed by atoms with van der Waals surface area (Å²) in [5.41, 5.74) is 11.3. The first-order valence-corrected chi connectivity index (χ1v) is 31.4. The zero-order valence-electron chi connectivity index (χ0n) is 46.8. The number of hydrogen-bond donors (Lipinski definition) is 4. The first-order chi connectivity index (χ1) is 40.6. The minimum atomic E-state index is -4.63. The number of nitrogens with zero attached hydrogens (tertiary/aromatic N) is 4. The number of hydrogen-bond acceptors (Lipinski definition) is 20. The van der Waals surface area contributed by atoms with Gasteiger partial charge in [0.25, 0.3) is 0 Å². The molecule has 4 aromatic carbocycles. The molecule has 0 bridgehead atoms. The van der Waals surface area contributed by atoms with E-state index in [0.29, 0.717) is 23.8 Å². The molecule has 24 nitrogen and oxygen atoms in total. The van der Waals surface area contributed by atoms with Gasteiger partial charge in [0.2, 0.25) is 0 Å². The maximum absolute atomic E-state index is 15.4. The van der Waals surface area contributed by atoms with Crippen molar-refractivity contribution in [3.63, 3.8) is 0 Å². The minimum Gasteiger partial charge on any atom is -0.464 e. The van der Waals surface area contributed by atoms with Crippen molar-refractivity contribution >= 4 is 49.8 Å². The molecule has 9 rings (SSSR count). The number of carbonyl (C=O) groups excluding carboxylic acids is 2. The Balaban J connectivity index is 0.974. The maximum Gasteiger partial charge on any atom is 0.459 e. The summed E-state index contributed by atoms with van der Waals surface area (Å²) in [6, 6.07) is 28.1. The van der Waals surface area contributed by atoms with E-state index in [4.69, 9.17) is 58.0 Å². The second-order valence-corrected chi connectivity index (χ2v) is 24.1. The Hall–Kier alpha value is -6.82. The highest BCUT2D eigenvalue weighted by Gasteiger charge is 2.41. The monoisotopic (exact) mass is 1200 g/mol. The number of esters is 2. The molecule has 3 aliphatic rings. The summed E-state index contributed by atoms with van der Waals surface area (Å²) in [6.45, 7) is 3.17. The van der Waals surface area contributed by atoms with Crippen molar-refractivity contribution in [1.82, 2.24) is 29.3 Å². The van der Waals surface area contributed by atoms with E-state index in [1.807, 2.05) is 48.5 Å². The molecule has 0 spiro atoms. The smallest absolute Gasteiger partial charge is 0.459 e. The van der Waals surface area contributed by atoms with Gasteiger partial charge in [0.05, 0.1) is 19.8 Å². The van der Waals surface area contributed by atoms with Gasteiger partial charge in [-0.1, -0.05) is 112 Å².